The van der Waals surface area contributed by atoms with Gasteiger partial charge in [-0.15, -0.1) is 0 Å². The molecule has 0 aliphatic carbocycles. The maximum Gasteiger partial charge on any atom is 0.253 e. The van der Waals surface area contributed by atoms with Crippen molar-refractivity contribution >= 4 is 33.2 Å². The molecule has 2 aromatic rings. The van der Waals surface area contributed by atoms with Crippen LogP contribution in [-0.2, 0) is 14.8 Å². The molecule has 1 aliphatic heterocycles. The van der Waals surface area contributed by atoms with Gasteiger partial charge >= 0.3 is 0 Å². The van der Waals surface area contributed by atoms with E-state index in [1.165, 1.54) is 0 Å². The molecule has 0 unspecified atom stereocenters. The van der Waals surface area contributed by atoms with Gasteiger partial charge in [-0.05, 0) is 49.1 Å². The fourth-order valence-electron chi connectivity index (χ4n) is 3.76. The molecule has 0 atom stereocenters. The van der Waals surface area contributed by atoms with E-state index in [1.54, 1.807) is 52.8 Å². The quantitative estimate of drug-likeness (QED) is 0.501. The summed E-state index contributed by atoms with van der Waals surface area (Å²) in [6.07, 6.45) is 3.83. The Morgan fingerprint density at radius 3 is 2.38 bits per heavy atom. The molecule has 9 heteroatoms. The zero-order valence-electron chi connectivity index (χ0n) is 19.8. The molecule has 0 spiro atoms. The normalized spacial score (nSPS) is 14.9. The van der Waals surface area contributed by atoms with Gasteiger partial charge in [0, 0.05) is 25.3 Å². The molecule has 34 heavy (non-hydrogen) atoms. The molecule has 3 rings (SSSR count). The van der Waals surface area contributed by atoms with E-state index < -0.39 is 10.0 Å². The molecule has 3 N–H and O–H groups in total. The Balaban J connectivity index is 1.62. The minimum Gasteiger partial charge on any atom is -0.376 e. The van der Waals surface area contributed by atoms with Crippen LogP contribution in [0.3, 0.4) is 0 Å². The third-order valence-electron chi connectivity index (χ3n) is 5.61. The number of hydrogen-bond acceptors (Lipinski definition) is 5. The Kier molecular flexibility index (Phi) is 9.06. The van der Waals surface area contributed by atoms with Gasteiger partial charge in [0.05, 0.1) is 22.7 Å². The molecule has 0 radical (unpaired) electrons. The average molecular weight is 487 g/mol. The topological polar surface area (TPSA) is 108 Å². The number of carbonyl (C=O) groups excluding carboxylic acids is 2. The summed E-state index contributed by atoms with van der Waals surface area (Å²) in [5.74, 6) is -0.275. The number of carbonyl (C=O) groups is 2. The highest BCUT2D eigenvalue weighted by atomic mass is 32.2. The molecule has 1 aliphatic rings. The predicted molar refractivity (Wildman–Crippen MR) is 134 cm³/mol. The number of nitrogens with one attached hydrogen (secondary N) is 3. The lowest BCUT2D eigenvalue weighted by Gasteiger charge is -2.20. The molecule has 2 aromatic carbocycles. The lowest BCUT2D eigenvalue weighted by molar-refractivity contribution is -0.114. The second kappa shape index (κ2) is 12.0. The van der Waals surface area contributed by atoms with Crippen LogP contribution >= 0.6 is 0 Å². The highest BCUT2D eigenvalue weighted by Crippen LogP contribution is 2.23. The number of hydrogen-bond donors (Lipinski definition) is 3. The summed E-state index contributed by atoms with van der Waals surface area (Å²) in [6.45, 7) is 5.55. The van der Waals surface area contributed by atoms with Crippen LogP contribution in [0.4, 0.5) is 11.4 Å². The van der Waals surface area contributed by atoms with E-state index in [0.717, 1.165) is 25.7 Å². The second-order valence-electron chi connectivity index (χ2n) is 8.90. The SMILES string of the molecule is CC(C)CNC(=O)c1ccccc1NC(=O)CNc1cccc(S(=O)(=O)N2CCCCCC2)c1. The Labute approximate surface area is 202 Å². The van der Waals surface area contributed by atoms with Gasteiger partial charge in [-0.25, -0.2) is 8.42 Å². The maximum absolute atomic E-state index is 13.0. The van der Waals surface area contributed by atoms with Crippen molar-refractivity contribution in [2.24, 2.45) is 5.92 Å². The fraction of sp³-hybridized carbons (Fsp3) is 0.440. The first-order valence-electron chi connectivity index (χ1n) is 11.8. The largest absolute Gasteiger partial charge is 0.376 e. The molecule has 1 fully saturated rings. The molecular formula is C25H34N4O4S. The summed E-state index contributed by atoms with van der Waals surface area (Å²) in [6, 6.07) is 13.4. The number of anilines is 2. The average Bonchev–Trinajstić information content (AvgIpc) is 3.12. The Hall–Kier alpha value is -2.91. The Morgan fingerprint density at radius 1 is 0.971 bits per heavy atom. The predicted octanol–water partition coefficient (Wildman–Crippen LogP) is 3.69. The van der Waals surface area contributed by atoms with Crippen LogP contribution < -0.4 is 16.0 Å². The van der Waals surface area contributed by atoms with Crippen molar-refractivity contribution in [2.75, 3.05) is 36.8 Å². The first-order chi connectivity index (χ1) is 16.3. The third-order valence-corrected chi connectivity index (χ3v) is 7.50. The van der Waals surface area contributed by atoms with Crippen LogP contribution in [0, 0.1) is 5.92 Å². The van der Waals surface area contributed by atoms with Gasteiger partial charge in [-0.3, -0.25) is 9.59 Å². The summed E-state index contributed by atoms with van der Waals surface area (Å²) >= 11 is 0. The van der Waals surface area contributed by atoms with Crippen molar-refractivity contribution in [2.45, 2.75) is 44.4 Å². The lowest BCUT2D eigenvalue weighted by Crippen LogP contribution is -2.32. The number of nitrogens with zero attached hydrogens (tertiary/aromatic N) is 1. The number of sulfonamides is 1. The minimum absolute atomic E-state index is 0.0742. The minimum atomic E-state index is -3.57. The highest BCUT2D eigenvalue weighted by Gasteiger charge is 2.25. The first-order valence-corrected chi connectivity index (χ1v) is 13.2. The maximum atomic E-state index is 13.0. The highest BCUT2D eigenvalue weighted by molar-refractivity contribution is 7.89. The smallest absolute Gasteiger partial charge is 0.253 e. The van der Waals surface area contributed by atoms with Crippen molar-refractivity contribution in [3.63, 3.8) is 0 Å². The standard InChI is InChI=1S/C25H34N4O4S/c1-19(2)17-27-25(31)22-12-5-6-13-23(22)28-24(30)18-26-20-10-9-11-21(16-20)34(32,33)29-14-7-3-4-8-15-29/h5-6,9-13,16,19,26H,3-4,7-8,14-15,17-18H2,1-2H3,(H,27,31)(H,28,30). The van der Waals surface area contributed by atoms with Gasteiger partial charge in [0.1, 0.15) is 0 Å². The molecule has 1 saturated heterocycles. The Bertz CT molecular complexity index is 1090. The van der Waals surface area contributed by atoms with E-state index in [4.69, 9.17) is 0 Å². The van der Waals surface area contributed by atoms with Crippen LogP contribution in [0.2, 0.25) is 0 Å². The third kappa shape index (κ3) is 7.04. The van der Waals surface area contributed by atoms with Crippen molar-refractivity contribution in [3.8, 4) is 0 Å². The second-order valence-corrected chi connectivity index (χ2v) is 10.8. The van der Waals surface area contributed by atoms with Crippen LogP contribution in [0.1, 0.15) is 49.9 Å². The first kappa shape index (κ1) is 25.7. The monoisotopic (exact) mass is 486 g/mol. The molecular weight excluding hydrogens is 452 g/mol. The van der Waals surface area contributed by atoms with Crippen molar-refractivity contribution in [3.05, 3.63) is 54.1 Å². The van der Waals surface area contributed by atoms with E-state index >= 15 is 0 Å². The molecule has 0 aromatic heterocycles. The van der Waals surface area contributed by atoms with Crippen LogP contribution in [0.5, 0.6) is 0 Å². The van der Waals surface area contributed by atoms with Crippen molar-refractivity contribution in [1.29, 1.82) is 0 Å². The lowest BCUT2D eigenvalue weighted by atomic mass is 10.1. The Morgan fingerprint density at radius 2 is 1.68 bits per heavy atom. The number of para-hydroxylation sites is 1. The van der Waals surface area contributed by atoms with E-state index in [2.05, 4.69) is 16.0 Å². The van der Waals surface area contributed by atoms with Crippen LogP contribution in [0.25, 0.3) is 0 Å². The summed E-state index contributed by atoms with van der Waals surface area (Å²) in [7, 11) is -3.57. The van der Waals surface area contributed by atoms with Crippen molar-refractivity contribution in [1.82, 2.24) is 9.62 Å². The summed E-state index contributed by atoms with van der Waals surface area (Å²) in [5.41, 5.74) is 1.35. The van der Waals surface area contributed by atoms with Gasteiger partial charge in [0.2, 0.25) is 15.9 Å². The molecule has 1 heterocycles. The van der Waals surface area contributed by atoms with E-state index in [1.807, 2.05) is 13.8 Å². The van der Waals surface area contributed by atoms with Crippen LogP contribution in [-0.4, -0.2) is 50.7 Å². The zero-order valence-corrected chi connectivity index (χ0v) is 20.7. The van der Waals surface area contributed by atoms with Gasteiger partial charge in [-0.2, -0.15) is 4.31 Å². The van der Waals surface area contributed by atoms with E-state index in [-0.39, 0.29) is 23.3 Å². The van der Waals surface area contributed by atoms with Gasteiger partial charge in [0.25, 0.3) is 5.91 Å². The van der Waals surface area contributed by atoms with Gasteiger partial charge < -0.3 is 16.0 Å². The van der Waals surface area contributed by atoms with Gasteiger partial charge in [0.15, 0.2) is 0 Å². The molecule has 8 nitrogen and oxygen atoms in total. The van der Waals surface area contributed by atoms with Crippen molar-refractivity contribution < 1.29 is 18.0 Å². The van der Waals surface area contributed by atoms with Crippen LogP contribution in [0.15, 0.2) is 53.4 Å². The molecule has 0 saturated carbocycles. The number of amides is 2. The van der Waals surface area contributed by atoms with Gasteiger partial charge in [-0.1, -0.05) is 44.9 Å². The molecule has 0 bridgehead atoms. The molecule has 184 valence electrons. The van der Waals surface area contributed by atoms with E-state index in [9.17, 15) is 18.0 Å². The summed E-state index contributed by atoms with van der Waals surface area (Å²) in [4.78, 5) is 25.3. The fourth-order valence-corrected chi connectivity index (χ4v) is 5.32. The number of rotatable bonds is 9. The zero-order chi connectivity index (χ0) is 24.6. The number of benzene rings is 2. The summed E-state index contributed by atoms with van der Waals surface area (Å²) < 4.78 is 27.6. The molecule has 2 amide bonds. The summed E-state index contributed by atoms with van der Waals surface area (Å²) in [5, 5.41) is 8.60. The van der Waals surface area contributed by atoms with E-state index in [0.29, 0.717) is 42.5 Å².